The van der Waals surface area contributed by atoms with Gasteiger partial charge in [0.25, 0.3) is 5.56 Å². The van der Waals surface area contributed by atoms with Gasteiger partial charge in [0.2, 0.25) is 5.91 Å². The Hall–Kier alpha value is -3.75. The van der Waals surface area contributed by atoms with Crippen molar-refractivity contribution < 1.29 is 4.79 Å². The summed E-state index contributed by atoms with van der Waals surface area (Å²) in [5.41, 5.74) is 1.39. The number of nitrogens with zero attached hydrogens (tertiary/aromatic N) is 5. The number of hydrogen-bond donors (Lipinski definition) is 1. The number of aryl methyl sites for hydroxylation is 2. The molecule has 3 aromatic heterocycles. The first-order valence-electron chi connectivity index (χ1n) is 9.17. The second-order valence-electron chi connectivity index (χ2n) is 6.85. The molecule has 0 bridgehead atoms. The number of imidazole rings is 1. The van der Waals surface area contributed by atoms with E-state index < -0.39 is 17.2 Å². The Kier molecular flexibility index (Phi) is 4.71. The van der Waals surface area contributed by atoms with Crippen LogP contribution in [0.15, 0.2) is 52.4 Å². The molecule has 4 aromatic rings. The number of rotatable bonds is 5. The molecule has 0 atom stereocenters. The van der Waals surface area contributed by atoms with Gasteiger partial charge in [-0.05, 0) is 18.1 Å². The summed E-state index contributed by atoms with van der Waals surface area (Å²) in [4.78, 5) is 46.0. The number of fused-ring (bicyclic) bond motifs is 2. The van der Waals surface area contributed by atoms with E-state index >= 15 is 0 Å². The van der Waals surface area contributed by atoms with Gasteiger partial charge in [0, 0.05) is 32.2 Å². The number of hydrogen-bond acceptors (Lipinski definition) is 5. The van der Waals surface area contributed by atoms with E-state index in [9.17, 15) is 14.4 Å². The van der Waals surface area contributed by atoms with Crippen LogP contribution in [0.1, 0.15) is 5.56 Å². The Labute approximate surface area is 165 Å². The number of benzene rings is 1. The first kappa shape index (κ1) is 18.6. The third-order valence-electron chi connectivity index (χ3n) is 4.94. The summed E-state index contributed by atoms with van der Waals surface area (Å²) >= 11 is 0. The molecule has 0 fully saturated rings. The largest absolute Gasteiger partial charge is 0.354 e. The highest BCUT2D eigenvalue weighted by Gasteiger charge is 2.16. The lowest BCUT2D eigenvalue weighted by Crippen LogP contribution is -2.43. The molecular formula is C20H20N6O3. The minimum Gasteiger partial charge on any atom is -0.354 e. The number of amides is 1. The highest BCUT2D eigenvalue weighted by molar-refractivity contribution is 5.81. The van der Waals surface area contributed by atoms with Gasteiger partial charge in [-0.25, -0.2) is 14.3 Å². The van der Waals surface area contributed by atoms with Crippen LogP contribution in [0, 0.1) is 0 Å². The molecule has 0 radical (unpaired) electrons. The van der Waals surface area contributed by atoms with Gasteiger partial charge in [-0.3, -0.25) is 19.1 Å². The van der Waals surface area contributed by atoms with Crippen LogP contribution in [-0.2, 0) is 31.9 Å². The number of para-hydroxylation sites is 1. The van der Waals surface area contributed by atoms with Crippen LogP contribution in [0.5, 0.6) is 0 Å². The zero-order chi connectivity index (χ0) is 20.5. The summed E-state index contributed by atoms with van der Waals surface area (Å²) in [7, 11) is 3.20. The molecule has 148 valence electrons. The SMILES string of the molecule is Cn1cnc2c1c(=O)n(CC(=O)NCCc1cccc3cccnc13)c(=O)n2C. The van der Waals surface area contributed by atoms with Crippen LogP contribution in [0.25, 0.3) is 22.1 Å². The van der Waals surface area contributed by atoms with Crippen molar-refractivity contribution in [2.75, 3.05) is 6.54 Å². The maximum absolute atomic E-state index is 12.7. The number of carbonyl (C=O) groups is 1. The molecule has 9 nitrogen and oxygen atoms in total. The predicted molar refractivity (Wildman–Crippen MR) is 109 cm³/mol. The minimum absolute atomic E-state index is 0.279. The molecule has 4 rings (SSSR count). The second kappa shape index (κ2) is 7.34. The molecule has 1 aromatic carbocycles. The summed E-state index contributed by atoms with van der Waals surface area (Å²) in [6.45, 7) is 0.0257. The summed E-state index contributed by atoms with van der Waals surface area (Å²) in [6, 6.07) is 9.78. The van der Waals surface area contributed by atoms with Gasteiger partial charge in [-0.2, -0.15) is 0 Å². The fourth-order valence-electron chi connectivity index (χ4n) is 3.44. The number of pyridine rings is 1. The first-order valence-corrected chi connectivity index (χ1v) is 9.17. The zero-order valence-corrected chi connectivity index (χ0v) is 16.1. The van der Waals surface area contributed by atoms with E-state index in [2.05, 4.69) is 15.3 Å². The van der Waals surface area contributed by atoms with Crippen molar-refractivity contribution >= 4 is 28.0 Å². The smallest absolute Gasteiger partial charge is 0.332 e. The number of nitrogens with one attached hydrogen (secondary N) is 1. The molecule has 0 spiro atoms. The van der Waals surface area contributed by atoms with Crippen molar-refractivity contribution in [2.45, 2.75) is 13.0 Å². The van der Waals surface area contributed by atoms with Gasteiger partial charge in [-0.15, -0.1) is 0 Å². The molecule has 0 saturated heterocycles. The molecule has 0 saturated carbocycles. The van der Waals surface area contributed by atoms with Crippen LogP contribution in [0.2, 0.25) is 0 Å². The van der Waals surface area contributed by atoms with Crippen LogP contribution >= 0.6 is 0 Å². The van der Waals surface area contributed by atoms with E-state index in [1.165, 1.54) is 17.9 Å². The van der Waals surface area contributed by atoms with Crippen molar-refractivity contribution in [2.24, 2.45) is 14.1 Å². The van der Waals surface area contributed by atoms with Gasteiger partial charge >= 0.3 is 5.69 Å². The van der Waals surface area contributed by atoms with Crippen molar-refractivity contribution in [1.82, 2.24) is 29.0 Å². The third kappa shape index (κ3) is 3.31. The molecular weight excluding hydrogens is 372 g/mol. The fourth-order valence-corrected chi connectivity index (χ4v) is 3.44. The molecule has 1 N–H and O–H groups in total. The van der Waals surface area contributed by atoms with Crippen molar-refractivity contribution in [1.29, 1.82) is 0 Å². The van der Waals surface area contributed by atoms with E-state index in [1.807, 2.05) is 30.3 Å². The first-order chi connectivity index (χ1) is 14.0. The van der Waals surface area contributed by atoms with Gasteiger partial charge < -0.3 is 9.88 Å². The Morgan fingerprint density at radius 1 is 1.10 bits per heavy atom. The third-order valence-corrected chi connectivity index (χ3v) is 4.94. The monoisotopic (exact) mass is 392 g/mol. The Morgan fingerprint density at radius 2 is 1.90 bits per heavy atom. The summed E-state index contributed by atoms with van der Waals surface area (Å²) in [5, 5.41) is 3.82. The standard InChI is InChI=1S/C20H20N6O3/c1-24-12-23-18-17(24)19(28)26(20(29)25(18)2)11-15(27)21-10-8-14-6-3-5-13-7-4-9-22-16(13)14/h3-7,9,12H,8,10-11H2,1-2H3,(H,21,27). The topological polar surface area (TPSA) is 104 Å². The highest BCUT2D eigenvalue weighted by Crippen LogP contribution is 2.15. The van der Waals surface area contributed by atoms with Crippen LogP contribution in [0.3, 0.4) is 0 Å². The molecule has 9 heteroatoms. The summed E-state index contributed by atoms with van der Waals surface area (Å²) < 4.78 is 3.74. The van der Waals surface area contributed by atoms with E-state index in [4.69, 9.17) is 0 Å². The predicted octanol–water partition coefficient (Wildman–Crippen LogP) is 0.341. The number of aromatic nitrogens is 5. The average molecular weight is 392 g/mol. The Morgan fingerprint density at radius 3 is 2.72 bits per heavy atom. The number of carbonyl (C=O) groups excluding carboxylic acids is 1. The lowest BCUT2D eigenvalue weighted by molar-refractivity contribution is -0.121. The van der Waals surface area contributed by atoms with Crippen LogP contribution in [-0.4, -0.2) is 36.1 Å². The van der Waals surface area contributed by atoms with E-state index in [-0.39, 0.29) is 12.1 Å². The molecule has 1 amide bonds. The minimum atomic E-state index is -0.574. The van der Waals surface area contributed by atoms with Crippen molar-refractivity contribution in [3.8, 4) is 0 Å². The Bertz CT molecular complexity index is 1340. The van der Waals surface area contributed by atoms with Crippen molar-refractivity contribution in [3.63, 3.8) is 0 Å². The van der Waals surface area contributed by atoms with E-state index in [0.717, 1.165) is 21.0 Å². The lowest BCUT2D eigenvalue weighted by Gasteiger charge is -2.10. The highest BCUT2D eigenvalue weighted by atomic mass is 16.2. The summed E-state index contributed by atoms with van der Waals surface area (Å²) in [6.07, 6.45) is 3.79. The molecule has 29 heavy (non-hydrogen) atoms. The summed E-state index contributed by atoms with van der Waals surface area (Å²) in [5.74, 6) is -0.404. The fraction of sp³-hybridized carbons (Fsp3) is 0.250. The molecule has 0 aliphatic rings. The quantitative estimate of drug-likeness (QED) is 0.528. The molecule has 0 unspecified atom stereocenters. The van der Waals surface area contributed by atoms with Crippen molar-refractivity contribution in [3.05, 3.63) is 69.3 Å². The average Bonchev–Trinajstić information content (AvgIpc) is 3.11. The van der Waals surface area contributed by atoms with E-state index in [1.54, 1.807) is 17.8 Å². The van der Waals surface area contributed by atoms with Gasteiger partial charge in [0.1, 0.15) is 6.54 Å². The Balaban J connectivity index is 1.50. The van der Waals surface area contributed by atoms with Gasteiger partial charge in [-0.1, -0.05) is 24.3 Å². The maximum Gasteiger partial charge on any atom is 0.332 e. The van der Waals surface area contributed by atoms with Crippen LogP contribution in [0.4, 0.5) is 0 Å². The van der Waals surface area contributed by atoms with Gasteiger partial charge in [0.15, 0.2) is 11.2 Å². The second-order valence-corrected chi connectivity index (χ2v) is 6.85. The molecule has 3 heterocycles. The van der Waals surface area contributed by atoms with Crippen LogP contribution < -0.4 is 16.6 Å². The molecule has 0 aliphatic heterocycles. The van der Waals surface area contributed by atoms with Gasteiger partial charge in [0.05, 0.1) is 11.8 Å². The maximum atomic E-state index is 12.7. The lowest BCUT2D eigenvalue weighted by atomic mass is 10.1. The van der Waals surface area contributed by atoms with E-state index in [0.29, 0.717) is 18.6 Å². The zero-order valence-electron chi connectivity index (χ0n) is 16.1. The normalized spacial score (nSPS) is 11.2. The molecule has 0 aliphatic carbocycles.